The van der Waals surface area contributed by atoms with Crippen LogP contribution in [0.3, 0.4) is 0 Å². The normalized spacial score (nSPS) is 26.0. The van der Waals surface area contributed by atoms with Crippen molar-refractivity contribution in [1.29, 1.82) is 0 Å². The number of aryl methyl sites for hydroxylation is 1. The van der Waals surface area contributed by atoms with Crippen molar-refractivity contribution in [2.45, 2.75) is 44.8 Å². The Morgan fingerprint density at radius 3 is 2.75 bits per heavy atom. The highest BCUT2D eigenvalue weighted by molar-refractivity contribution is 6.06. The van der Waals surface area contributed by atoms with Gasteiger partial charge in [-0.1, -0.05) is 0 Å². The summed E-state index contributed by atoms with van der Waals surface area (Å²) in [6.07, 6.45) is 6.06. The third kappa shape index (κ3) is 4.11. The molecule has 3 aliphatic rings. The van der Waals surface area contributed by atoms with Gasteiger partial charge < -0.3 is 14.8 Å². The van der Waals surface area contributed by atoms with Gasteiger partial charge in [0.15, 0.2) is 0 Å². The van der Waals surface area contributed by atoms with Crippen molar-refractivity contribution >= 4 is 28.7 Å². The molecular formula is C23H31FN6O2. The van der Waals surface area contributed by atoms with Gasteiger partial charge in [0.1, 0.15) is 11.8 Å². The monoisotopic (exact) mass is 442 g/mol. The molecular weight excluding hydrogens is 411 g/mol. The first-order valence-electron chi connectivity index (χ1n) is 11.7. The molecule has 2 atom stereocenters. The molecule has 5 rings (SSSR count). The number of piperidine rings is 2. The van der Waals surface area contributed by atoms with E-state index in [0.29, 0.717) is 24.7 Å². The average Bonchev–Trinajstić information content (AvgIpc) is 3.10. The smallest absolute Gasteiger partial charge is 0.326 e. The first-order chi connectivity index (χ1) is 15.5. The molecule has 172 valence electrons. The molecule has 1 unspecified atom stereocenters. The molecule has 2 N–H and O–H groups in total. The lowest BCUT2D eigenvalue weighted by molar-refractivity contribution is -0.120. The van der Waals surface area contributed by atoms with E-state index in [1.165, 1.54) is 17.7 Å². The molecule has 0 saturated carbocycles. The fraction of sp³-hybridized carbons (Fsp3) is 0.609. The molecule has 0 spiro atoms. The Bertz CT molecular complexity index is 1020. The quantitative estimate of drug-likeness (QED) is 0.760. The number of nitrogens with one attached hydrogen (secondary N) is 2. The average molecular weight is 443 g/mol. The lowest BCUT2D eigenvalue weighted by Crippen LogP contribution is -2.49. The number of imide groups is 1. The van der Waals surface area contributed by atoms with Gasteiger partial charge in [-0.25, -0.2) is 14.2 Å². The second-order valence-electron chi connectivity index (χ2n) is 9.36. The molecule has 0 bridgehead atoms. The van der Waals surface area contributed by atoms with Gasteiger partial charge in [0.25, 0.3) is 0 Å². The Hall–Kier alpha value is -2.52. The molecule has 8 nitrogen and oxygen atoms in total. The van der Waals surface area contributed by atoms with E-state index < -0.39 is 12.2 Å². The van der Waals surface area contributed by atoms with E-state index in [1.807, 2.05) is 23.8 Å². The van der Waals surface area contributed by atoms with E-state index in [2.05, 4.69) is 20.5 Å². The maximum atomic E-state index is 15.3. The second kappa shape index (κ2) is 8.78. The number of nitrogens with zero attached hydrogens (tertiary/aromatic N) is 4. The molecule has 3 amide bonds. The Balaban J connectivity index is 1.32. The number of hydrogen-bond donors (Lipinski definition) is 2. The van der Waals surface area contributed by atoms with Gasteiger partial charge in [0.2, 0.25) is 5.91 Å². The zero-order chi connectivity index (χ0) is 22.2. The number of aromatic nitrogens is 2. The third-order valence-corrected chi connectivity index (χ3v) is 7.14. The van der Waals surface area contributed by atoms with E-state index >= 15 is 4.39 Å². The summed E-state index contributed by atoms with van der Waals surface area (Å²) in [4.78, 5) is 32.1. The van der Waals surface area contributed by atoms with E-state index in [0.717, 1.165) is 49.2 Å². The van der Waals surface area contributed by atoms with Crippen LogP contribution in [0.5, 0.6) is 0 Å². The molecule has 9 heteroatoms. The van der Waals surface area contributed by atoms with Crippen molar-refractivity contribution < 1.29 is 14.0 Å². The molecule has 3 saturated heterocycles. The summed E-state index contributed by atoms with van der Waals surface area (Å²) >= 11 is 0. The lowest BCUT2D eigenvalue weighted by Gasteiger charge is -2.38. The van der Waals surface area contributed by atoms with Crippen LogP contribution in [0.15, 0.2) is 18.5 Å². The first kappa shape index (κ1) is 21.3. The third-order valence-electron chi connectivity index (χ3n) is 7.14. The van der Waals surface area contributed by atoms with Crippen LogP contribution in [0.4, 0.5) is 14.9 Å². The van der Waals surface area contributed by atoms with Crippen LogP contribution in [-0.2, 0) is 4.79 Å². The second-order valence-corrected chi connectivity index (χ2v) is 9.36. The zero-order valence-electron chi connectivity index (χ0n) is 18.5. The van der Waals surface area contributed by atoms with Crippen molar-refractivity contribution in [1.82, 2.24) is 25.1 Å². The summed E-state index contributed by atoms with van der Waals surface area (Å²) in [5.41, 5.74) is 2.41. The fourth-order valence-electron chi connectivity index (χ4n) is 5.36. The molecule has 0 aromatic carbocycles. The number of pyridine rings is 1. The van der Waals surface area contributed by atoms with E-state index in [-0.39, 0.29) is 18.4 Å². The van der Waals surface area contributed by atoms with Gasteiger partial charge in [0, 0.05) is 44.2 Å². The number of fused-ring (bicyclic) bond motifs is 1. The predicted molar refractivity (Wildman–Crippen MR) is 121 cm³/mol. The highest BCUT2D eigenvalue weighted by Gasteiger charge is 2.33. The van der Waals surface area contributed by atoms with Gasteiger partial charge >= 0.3 is 6.03 Å². The summed E-state index contributed by atoms with van der Waals surface area (Å²) in [5, 5.41) is 6.65. The highest BCUT2D eigenvalue weighted by atomic mass is 19.1. The standard InChI is InChI=1S/C23H31FN6O2/c1-15-12-30(20-4-8-28(14-19(20)24)13-16-2-6-25-7-3-16)22-18(15)10-17(11-26-22)29-9-5-21(31)27-23(29)32/h10-12,16,19-20,25H,2-9,13-14H2,1H3,(H,27,31,32)/t19-,20?/m1/s1. The molecule has 0 aliphatic carbocycles. The van der Waals surface area contributed by atoms with Crippen LogP contribution < -0.4 is 15.5 Å². The predicted octanol–water partition coefficient (Wildman–Crippen LogP) is 2.38. The minimum Gasteiger partial charge on any atom is -0.326 e. The maximum absolute atomic E-state index is 15.3. The Kier molecular flexibility index (Phi) is 5.86. The van der Waals surface area contributed by atoms with Crippen LogP contribution in [0.2, 0.25) is 0 Å². The number of carbonyl (C=O) groups excluding carboxylic acids is 2. The van der Waals surface area contributed by atoms with Gasteiger partial charge in [-0.15, -0.1) is 0 Å². The fourth-order valence-corrected chi connectivity index (χ4v) is 5.36. The van der Waals surface area contributed by atoms with E-state index in [9.17, 15) is 9.59 Å². The topological polar surface area (TPSA) is 82.5 Å². The Labute approximate surface area is 187 Å². The number of hydrogen-bond acceptors (Lipinski definition) is 5. The molecule has 3 fully saturated rings. The van der Waals surface area contributed by atoms with Crippen molar-refractivity contribution in [2.24, 2.45) is 5.92 Å². The Morgan fingerprint density at radius 2 is 2.00 bits per heavy atom. The van der Waals surface area contributed by atoms with Crippen molar-refractivity contribution in [2.75, 3.05) is 44.2 Å². The number of urea groups is 1. The number of amides is 3. The summed E-state index contributed by atoms with van der Waals surface area (Å²) in [7, 11) is 0. The van der Waals surface area contributed by atoms with Gasteiger partial charge in [-0.05, 0) is 56.8 Å². The molecule has 2 aromatic heterocycles. The summed E-state index contributed by atoms with van der Waals surface area (Å²) in [5.74, 6) is 0.403. The summed E-state index contributed by atoms with van der Waals surface area (Å²) in [6.45, 7) is 6.81. The van der Waals surface area contributed by atoms with Gasteiger partial charge in [0.05, 0.1) is 17.9 Å². The van der Waals surface area contributed by atoms with Crippen LogP contribution in [0.25, 0.3) is 11.0 Å². The number of alkyl halides is 1. The number of anilines is 1. The maximum Gasteiger partial charge on any atom is 0.328 e. The van der Waals surface area contributed by atoms with E-state index in [1.54, 1.807) is 6.20 Å². The minimum absolute atomic E-state index is 0.232. The van der Waals surface area contributed by atoms with E-state index in [4.69, 9.17) is 0 Å². The number of rotatable bonds is 4. The van der Waals surface area contributed by atoms with Crippen LogP contribution in [-0.4, -0.2) is 71.8 Å². The summed E-state index contributed by atoms with van der Waals surface area (Å²) < 4.78 is 17.3. The molecule has 32 heavy (non-hydrogen) atoms. The van der Waals surface area contributed by atoms with Crippen LogP contribution >= 0.6 is 0 Å². The minimum atomic E-state index is -0.944. The highest BCUT2D eigenvalue weighted by Crippen LogP contribution is 2.33. The largest absolute Gasteiger partial charge is 0.328 e. The van der Waals surface area contributed by atoms with Crippen LogP contribution in [0.1, 0.15) is 37.3 Å². The molecule has 5 heterocycles. The number of carbonyl (C=O) groups is 2. The van der Waals surface area contributed by atoms with Crippen molar-refractivity contribution in [3.63, 3.8) is 0 Å². The SMILES string of the molecule is Cc1cn(C2CCN(CC3CCNCC3)C[C@H]2F)c2ncc(N3CCC(=O)NC3=O)cc12. The van der Waals surface area contributed by atoms with Gasteiger partial charge in [-0.3, -0.25) is 15.0 Å². The number of halogens is 1. The lowest BCUT2D eigenvalue weighted by atomic mass is 9.95. The molecule has 3 aliphatic heterocycles. The zero-order valence-corrected chi connectivity index (χ0v) is 18.5. The molecule has 0 radical (unpaired) electrons. The number of likely N-dealkylation sites (tertiary alicyclic amines) is 1. The van der Waals surface area contributed by atoms with Crippen LogP contribution in [0, 0.1) is 12.8 Å². The molecule has 2 aromatic rings. The van der Waals surface area contributed by atoms with Crippen molar-refractivity contribution in [3.8, 4) is 0 Å². The first-order valence-corrected chi connectivity index (χ1v) is 11.7. The Morgan fingerprint density at radius 1 is 1.19 bits per heavy atom. The summed E-state index contributed by atoms with van der Waals surface area (Å²) in [6, 6.07) is 1.26. The van der Waals surface area contributed by atoms with Gasteiger partial charge in [-0.2, -0.15) is 0 Å². The van der Waals surface area contributed by atoms with Crippen molar-refractivity contribution in [3.05, 3.63) is 24.0 Å².